The molecule has 0 aliphatic carbocycles. The van der Waals surface area contributed by atoms with E-state index in [1.165, 1.54) is 30.9 Å². The first kappa shape index (κ1) is 24.6. The normalized spacial score (nSPS) is 12.0. The minimum absolute atomic E-state index is 0.436. The highest BCUT2D eigenvalue weighted by atomic mass is 16.6. The Kier molecular flexibility index (Phi) is 7.68. The first-order chi connectivity index (χ1) is 15.6. The van der Waals surface area contributed by atoms with Crippen LogP contribution in [0.1, 0.15) is 65.9 Å². The van der Waals surface area contributed by atoms with Crippen LogP contribution in [0.5, 0.6) is 5.75 Å². The monoisotopic (exact) mass is 448 g/mol. The zero-order valence-electron chi connectivity index (χ0n) is 20.6. The Labute approximate surface area is 197 Å². The second-order valence-electron chi connectivity index (χ2n) is 9.89. The highest BCUT2D eigenvalue weighted by molar-refractivity contribution is 5.84. The lowest BCUT2D eigenvalue weighted by molar-refractivity contribution is -0.154. The number of ether oxygens (including phenoxy) is 2. The molecule has 0 spiro atoms. The largest absolute Gasteiger partial charge is 0.488 e. The lowest BCUT2D eigenvalue weighted by Crippen LogP contribution is -2.40. The average molecular weight is 449 g/mol. The van der Waals surface area contributed by atoms with Crippen LogP contribution >= 0.6 is 0 Å². The molecule has 0 aliphatic rings. The molecule has 33 heavy (non-hydrogen) atoms. The first-order valence-corrected chi connectivity index (χ1v) is 11.8. The van der Waals surface area contributed by atoms with Gasteiger partial charge < -0.3 is 13.9 Å². The molecule has 2 aromatic carbocycles. The summed E-state index contributed by atoms with van der Waals surface area (Å²) in [6.07, 6.45) is 6.55. The van der Waals surface area contributed by atoms with Crippen molar-refractivity contribution < 1.29 is 18.7 Å². The van der Waals surface area contributed by atoms with Gasteiger partial charge in [-0.3, -0.25) is 0 Å². The maximum absolute atomic E-state index is 11.6. The zero-order chi connectivity index (χ0) is 24.1. The summed E-state index contributed by atoms with van der Waals surface area (Å²) in [6, 6.07) is 16.6. The number of unbranched alkanes of at least 4 members (excludes halogenated alkanes) is 2. The van der Waals surface area contributed by atoms with Gasteiger partial charge in [-0.05, 0) is 64.3 Å². The van der Waals surface area contributed by atoms with Crippen LogP contribution in [0.3, 0.4) is 0 Å². The molecule has 0 bridgehead atoms. The van der Waals surface area contributed by atoms with Crippen LogP contribution in [0.25, 0.3) is 22.3 Å². The van der Waals surface area contributed by atoms with Crippen LogP contribution in [-0.4, -0.2) is 17.2 Å². The van der Waals surface area contributed by atoms with Gasteiger partial charge in [-0.15, -0.1) is 0 Å². The van der Waals surface area contributed by atoms with E-state index < -0.39 is 17.2 Å². The fraction of sp³-hybridized carbons (Fsp3) is 0.414. The summed E-state index contributed by atoms with van der Waals surface area (Å²) in [5, 5.41) is 1.03. The zero-order valence-corrected chi connectivity index (χ0v) is 20.6. The Morgan fingerprint density at radius 2 is 1.73 bits per heavy atom. The highest BCUT2D eigenvalue weighted by Crippen LogP contribution is 2.33. The van der Waals surface area contributed by atoms with Crippen molar-refractivity contribution in [1.82, 2.24) is 0 Å². The molecule has 176 valence electrons. The van der Waals surface area contributed by atoms with Crippen molar-refractivity contribution >= 4 is 16.9 Å². The number of fused-ring (bicyclic) bond motifs is 1. The van der Waals surface area contributed by atoms with Crippen LogP contribution in [0.15, 0.2) is 65.6 Å². The summed E-state index contributed by atoms with van der Waals surface area (Å²) in [6.45, 7) is 13.4. The third-order valence-corrected chi connectivity index (χ3v) is 5.59. The lowest BCUT2D eigenvalue weighted by atomic mass is 9.92. The van der Waals surface area contributed by atoms with Crippen molar-refractivity contribution in [3.05, 3.63) is 66.7 Å². The molecule has 1 aromatic heterocycles. The number of hydrogen-bond donors (Lipinski definition) is 0. The van der Waals surface area contributed by atoms with Crippen molar-refractivity contribution in [2.75, 3.05) is 0 Å². The van der Waals surface area contributed by atoms with Crippen molar-refractivity contribution in [3.8, 4) is 17.1 Å². The predicted molar refractivity (Wildman–Crippen MR) is 135 cm³/mol. The molecule has 0 saturated carbocycles. The molecule has 4 heteroatoms. The van der Waals surface area contributed by atoms with Gasteiger partial charge in [0.25, 0.3) is 0 Å². The van der Waals surface area contributed by atoms with Gasteiger partial charge in [-0.1, -0.05) is 50.6 Å². The molecule has 0 fully saturated rings. The number of aryl methyl sites for hydroxylation is 1. The Hall–Kier alpha value is -3.01. The molecule has 0 aliphatic heterocycles. The van der Waals surface area contributed by atoms with Gasteiger partial charge in [0, 0.05) is 29.5 Å². The van der Waals surface area contributed by atoms with Gasteiger partial charge in [-0.25, -0.2) is 4.79 Å². The van der Waals surface area contributed by atoms with Crippen LogP contribution in [-0.2, 0) is 16.0 Å². The molecular formula is C29H36O4. The van der Waals surface area contributed by atoms with E-state index in [1.54, 1.807) is 0 Å². The van der Waals surface area contributed by atoms with E-state index in [4.69, 9.17) is 13.9 Å². The SMILES string of the molecule is C=CC(=O)OC(C)(C)CC(C)(C)Oc1ccc2cc(-c3ccc(CCCCC)cc3)oc2c1. The Morgan fingerprint density at radius 3 is 2.39 bits per heavy atom. The van der Waals surface area contributed by atoms with E-state index in [2.05, 4.69) is 43.8 Å². The van der Waals surface area contributed by atoms with E-state index in [1.807, 2.05) is 45.9 Å². The third kappa shape index (κ3) is 6.98. The fourth-order valence-corrected chi connectivity index (χ4v) is 4.36. The maximum atomic E-state index is 11.6. The molecule has 0 amide bonds. The van der Waals surface area contributed by atoms with Crippen molar-refractivity contribution in [2.45, 2.75) is 77.9 Å². The Morgan fingerprint density at radius 1 is 1.00 bits per heavy atom. The molecule has 0 N–H and O–H groups in total. The Bertz CT molecular complexity index is 1090. The van der Waals surface area contributed by atoms with Gasteiger partial charge in [0.05, 0.1) is 0 Å². The molecule has 4 nitrogen and oxygen atoms in total. The molecule has 0 saturated heterocycles. The molecule has 0 radical (unpaired) electrons. The van der Waals surface area contributed by atoms with Crippen molar-refractivity contribution in [3.63, 3.8) is 0 Å². The van der Waals surface area contributed by atoms with Gasteiger partial charge in [0.1, 0.15) is 28.3 Å². The second kappa shape index (κ2) is 10.3. The number of benzene rings is 2. The summed E-state index contributed by atoms with van der Waals surface area (Å²) in [4.78, 5) is 11.6. The van der Waals surface area contributed by atoms with Gasteiger partial charge in [0.15, 0.2) is 0 Å². The van der Waals surface area contributed by atoms with Gasteiger partial charge in [0.2, 0.25) is 0 Å². The maximum Gasteiger partial charge on any atom is 0.330 e. The Balaban J connectivity index is 1.71. The predicted octanol–water partition coefficient (Wildman–Crippen LogP) is 7.89. The van der Waals surface area contributed by atoms with E-state index in [0.717, 1.165) is 28.7 Å². The van der Waals surface area contributed by atoms with Crippen molar-refractivity contribution in [2.24, 2.45) is 0 Å². The van der Waals surface area contributed by atoms with E-state index >= 15 is 0 Å². The van der Waals surface area contributed by atoms with Gasteiger partial charge >= 0.3 is 5.97 Å². The van der Waals surface area contributed by atoms with Crippen LogP contribution in [0.4, 0.5) is 0 Å². The molecule has 1 heterocycles. The smallest absolute Gasteiger partial charge is 0.330 e. The number of rotatable bonds is 11. The minimum atomic E-state index is -0.681. The standard InChI is InChI=1S/C29H36O4/c1-7-9-10-11-21-12-14-22(15-13-21)25-18-23-16-17-24(19-26(23)31-25)32-28(3,4)20-29(5,6)33-27(30)8-2/h8,12-19H,2,7,9-11,20H2,1,3-6H3. The van der Waals surface area contributed by atoms with E-state index in [0.29, 0.717) is 12.2 Å². The average Bonchev–Trinajstić information content (AvgIpc) is 3.16. The molecular weight excluding hydrogens is 412 g/mol. The van der Waals surface area contributed by atoms with Gasteiger partial charge in [-0.2, -0.15) is 0 Å². The number of furan rings is 1. The number of carbonyl (C=O) groups is 1. The third-order valence-electron chi connectivity index (χ3n) is 5.59. The minimum Gasteiger partial charge on any atom is -0.488 e. The summed E-state index contributed by atoms with van der Waals surface area (Å²) >= 11 is 0. The molecule has 3 rings (SSSR count). The van der Waals surface area contributed by atoms with Crippen LogP contribution < -0.4 is 4.74 Å². The summed E-state index contributed by atoms with van der Waals surface area (Å²) in [5.41, 5.74) is 1.98. The summed E-state index contributed by atoms with van der Waals surface area (Å²) in [7, 11) is 0. The van der Waals surface area contributed by atoms with Crippen molar-refractivity contribution in [1.29, 1.82) is 0 Å². The first-order valence-electron chi connectivity index (χ1n) is 11.8. The lowest BCUT2D eigenvalue weighted by Gasteiger charge is -2.34. The van der Waals surface area contributed by atoms with Crippen LogP contribution in [0.2, 0.25) is 0 Å². The quantitative estimate of drug-likeness (QED) is 0.170. The number of esters is 1. The second-order valence-corrected chi connectivity index (χ2v) is 9.89. The number of carbonyl (C=O) groups excluding carboxylic acids is 1. The fourth-order valence-electron chi connectivity index (χ4n) is 4.36. The van der Waals surface area contributed by atoms with E-state index in [9.17, 15) is 4.79 Å². The summed E-state index contributed by atoms with van der Waals surface area (Å²) < 4.78 is 17.9. The summed E-state index contributed by atoms with van der Waals surface area (Å²) in [5.74, 6) is 1.12. The number of hydrogen-bond acceptors (Lipinski definition) is 4. The van der Waals surface area contributed by atoms with Crippen LogP contribution in [0, 0.1) is 0 Å². The van der Waals surface area contributed by atoms with E-state index in [-0.39, 0.29) is 0 Å². The molecule has 3 aromatic rings. The molecule has 0 unspecified atom stereocenters. The topological polar surface area (TPSA) is 48.7 Å². The highest BCUT2D eigenvalue weighted by Gasteiger charge is 2.33. The molecule has 0 atom stereocenters.